The molecule has 1 aromatic carbocycles. The van der Waals surface area contributed by atoms with E-state index in [2.05, 4.69) is 21.8 Å². The molecule has 3 rings (SSSR count). The van der Waals surface area contributed by atoms with E-state index < -0.39 is 4.92 Å². The summed E-state index contributed by atoms with van der Waals surface area (Å²) in [5.74, 6) is 5.85. The summed E-state index contributed by atoms with van der Waals surface area (Å²) in [5.41, 5.74) is 2.03. The maximum absolute atomic E-state index is 10.6. The molecule has 5 nitrogen and oxygen atoms in total. The smallest absolute Gasteiger partial charge is 0.269 e. The molecule has 102 valence electrons. The van der Waals surface area contributed by atoms with E-state index in [1.165, 1.54) is 12.1 Å². The summed E-state index contributed by atoms with van der Waals surface area (Å²) in [6.07, 6.45) is 3.36. The summed E-state index contributed by atoms with van der Waals surface area (Å²) in [5, 5.41) is 11.9. The van der Waals surface area contributed by atoms with E-state index in [1.807, 2.05) is 6.07 Å². The molecular formula is C15H8ClN3O2. The number of hydrogen-bond donors (Lipinski definition) is 1. The third-order valence-corrected chi connectivity index (χ3v) is 3.35. The number of nitro benzene ring substituents is 1. The Kier molecular flexibility index (Phi) is 3.30. The van der Waals surface area contributed by atoms with Crippen LogP contribution in [-0.4, -0.2) is 14.9 Å². The number of nitro groups is 1. The van der Waals surface area contributed by atoms with Crippen LogP contribution >= 0.6 is 11.6 Å². The van der Waals surface area contributed by atoms with Gasteiger partial charge in [-0.25, -0.2) is 4.98 Å². The number of nitrogens with zero attached hydrogens (tertiary/aromatic N) is 2. The van der Waals surface area contributed by atoms with Crippen LogP contribution < -0.4 is 0 Å². The fourth-order valence-corrected chi connectivity index (χ4v) is 2.12. The van der Waals surface area contributed by atoms with Crippen molar-refractivity contribution >= 4 is 28.3 Å². The Labute approximate surface area is 124 Å². The Morgan fingerprint density at radius 1 is 1.19 bits per heavy atom. The summed E-state index contributed by atoms with van der Waals surface area (Å²) in [6.45, 7) is 0. The highest BCUT2D eigenvalue weighted by molar-refractivity contribution is 6.36. The van der Waals surface area contributed by atoms with Crippen molar-refractivity contribution in [2.24, 2.45) is 0 Å². The van der Waals surface area contributed by atoms with Crippen molar-refractivity contribution in [2.45, 2.75) is 0 Å². The summed E-state index contributed by atoms with van der Waals surface area (Å²) in [7, 11) is 0. The Morgan fingerprint density at radius 2 is 1.95 bits per heavy atom. The first-order valence-corrected chi connectivity index (χ1v) is 6.41. The van der Waals surface area contributed by atoms with Crippen LogP contribution in [0.1, 0.15) is 11.1 Å². The second-order valence-corrected chi connectivity index (χ2v) is 4.66. The lowest BCUT2D eigenvalue weighted by atomic mass is 10.2. The lowest BCUT2D eigenvalue weighted by molar-refractivity contribution is -0.384. The molecule has 1 N–H and O–H groups in total. The second-order valence-electron chi connectivity index (χ2n) is 4.28. The number of aromatic nitrogens is 2. The Hall–Kier alpha value is -2.84. The van der Waals surface area contributed by atoms with E-state index >= 15 is 0 Å². The van der Waals surface area contributed by atoms with E-state index in [1.54, 1.807) is 24.5 Å². The van der Waals surface area contributed by atoms with Gasteiger partial charge >= 0.3 is 0 Å². The molecule has 0 atom stereocenters. The summed E-state index contributed by atoms with van der Waals surface area (Å²) < 4.78 is 0. The van der Waals surface area contributed by atoms with Gasteiger partial charge < -0.3 is 4.98 Å². The molecule has 2 aromatic heterocycles. The minimum atomic E-state index is -0.447. The average Bonchev–Trinajstić information content (AvgIpc) is 2.96. The van der Waals surface area contributed by atoms with Crippen LogP contribution in [0.5, 0.6) is 0 Å². The van der Waals surface area contributed by atoms with E-state index in [4.69, 9.17) is 11.6 Å². The van der Waals surface area contributed by atoms with Gasteiger partial charge in [0.2, 0.25) is 0 Å². The Morgan fingerprint density at radius 3 is 2.67 bits per heavy atom. The predicted octanol–water partition coefficient (Wildman–Crippen LogP) is 3.52. The van der Waals surface area contributed by atoms with Gasteiger partial charge in [-0.15, -0.1) is 0 Å². The van der Waals surface area contributed by atoms with Crippen LogP contribution in [0.4, 0.5) is 5.69 Å². The number of rotatable bonds is 1. The van der Waals surface area contributed by atoms with Crippen LogP contribution in [0.3, 0.4) is 0 Å². The van der Waals surface area contributed by atoms with Crippen molar-refractivity contribution in [3.8, 4) is 11.8 Å². The first-order chi connectivity index (χ1) is 10.1. The minimum Gasteiger partial charge on any atom is -0.346 e. The normalized spacial score (nSPS) is 10.1. The number of H-pyrrole nitrogens is 1. The molecule has 6 heteroatoms. The summed E-state index contributed by atoms with van der Waals surface area (Å²) >= 11 is 6.26. The SMILES string of the molecule is O=[N+]([O-])c1ccc(C#Cc2cnc3[nH]ccc3c2Cl)cc1. The summed E-state index contributed by atoms with van der Waals surface area (Å²) in [4.78, 5) is 17.3. The molecule has 0 aliphatic rings. The molecule has 0 amide bonds. The maximum atomic E-state index is 10.6. The van der Waals surface area contributed by atoms with E-state index in [-0.39, 0.29) is 5.69 Å². The third-order valence-electron chi connectivity index (χ3n) is 2.94. The number of hydrogen-bond acceptors (Lipinski definition) is 3. The van der Waals surface area contributed by atoms with Crippen LogP contribution in [0.25, 0.3) is 11.0 Å². The number of nitrogens with one attached hydrogen (secondary N) is 1. The van der Waals surface area contributed by atoms with Gasteiger partial charge in [-0.2, -0.15) is 0 Å². The van der Waals surface area contributed by atoms with Gasteiger partial charge in [-0.05, 0) is 18.2 Å². The highest BCUT2D eigenvalue weighted by Gasteiger charge is 2.06. The fourth-order valence-electron chi connectivity index (χ4n) is 1.87. The van der Waals surface area contributed by atoms with E-state index in [0.717, 1.165) is 5.39 Å². The first kappa shape index (κ1) is 13.2. The van der Waals surface area contributed by atoms with Crippen LogP contribution in [0, 0.1) is 22.0 Å². The molecule has 0 saturated heterocycles. The van der Waals surface area contributed by atoms with Crippen molar-refractivity contribution in [2.75, 3.05) is 0 Å². The number of pyridine rings is 1. The lowest BCUT2D eigenvalue weighted by Crippen LogP contribution is -1.87. The Bertz CT molecular complexity index is 889. The summed E-state index contributed by atoms with van der Waals surface area (Å²) in [6, 6.07) is 7.86. The van der Waals surface area contributed by atoms with Crippen molar-refractivity contribution in [1.82, 2.24) is 9.97 Å². The van der Waals surface area contributed by atoms with Crippen molar-refractivity contribution in [3.63, 3.8) is 0 Å². The third kappa shape index (κ3) is 2.57. The highest BCUT2D eigenvalue weighted by Crippen LogP contribution is 2.24. The van der Waals surface area contributed by atoms with Gasteiger partial charge in [-0.1, -0.05) is 23.4 Å². The molecule has 3 aromatic rings. The van der Waals surface area contributed by atoms with Gasteiger partial charge in [-0.3, -0.25) is 10.1 Å². The minimum absolute atomic E-state index is 0.0361. The van der Waals surface area contributed by atoms with E-state index in [0.29, 0.717) is 21.8 Å². The monoisotopic (exact) mass is 297 g/mol. The van der Waals surface area contributed by atoms with E-state index in [9.17, 15) is 10.1 Å². The molecule has 0 saturated carbocycles. The second kappa shape index (κ2) is 5.27. The molecule has 2 heterocycles. The van der Waals surface area contributed by atoms with Crippen LogP contribution in [-0.2, 0) is 0 Å². The molecule has 0 fully saturated rings. The van der Waals surface area contributed by atoms with Gasteiger partial charge in [0.05, 0.1) is 15.5 Å². The molecule has 21 heavy (non-hydrogen) atoms. The van der Waals surface area contributed by atoms with Crippen molar-refractivity contribution in [1.29, 1.82) is 0 Å². The van der Waals surface area contributed by atoms with Gasteiger partial charge in [0.1, 0.15) is 5.65 Å². The molecule has 0 aliphatic heterocycles. The zero-order valence-corrected chi connectivity index (χ0v) is 11.4. The number of fused-ring (bicyclic) bond motifs is 1. The quantitative estimate of drug-likeness (QED) is 0.424. The first-order valence-electron chi connectivity index (χ1n) is 6.03. The average molecular weight is 298 g/mol. The number of non-ortho nitro benzene ring substituents is 1. The zero-order chi connectivity index (χ0) is 14.8. The van der Waals surface area contributed by atoms with Crippen LogP contribution in [0.15, 0.2) is 42.7 Å². The van der Waals surface area contributed by atoms with Crippen molar-refractivity contribution in [3.05, 3.63) is 69.0 Å². The largest absolute Gasteiger partial charge is 0.346 e. The molecule has 0 unspecified atom stereocenters. The fraction of sp³-hybridized carbons (Fsp3) is 0. The lowest BCUT2D eigenvalue weighted by Gasteiger charge is -1.97. The molecular weight excluding hydrogens is 290 g/mol. The van der Waals surface area contributed by atoms with Gasteiger partial charge in [0.15, 0.2) is 0 Å². The zero-order valence-electron chi connectivity index (χ0n) is 10.6. The molecule has 0 bridgehead atoms. The maximum Gasteiger partial charge on any atom is 0.269 e. The standard InChI is InChI=1S/C15H8ClN3O2/c16-14-11(9-18-15-13(14)7-8-17-15)4-1-10-2-5-12(6-3-10)19(20)21/h2-3,5-9H,(H,17,18). The molecule has 0 radical (unpaired) electrons. The topological polar surface area (TPSA) is 71.8 Å². The highest BCUT2D eigenvalue weighted by atomic mass is 35.5. The van der Waals surface area contributed by atoms with Crippen molar-refractivity contribution < 1.29 is 4.92 Å². The molecule has 0 aliphatic carbocycles. The van der Waals surface area contributed by atoms with Gasteiger partial charge in [0.25, 0.3) is 5.69 Å². The Balaban J connectivity index is 1.95. The number of halogens is 1. The molecule has 0 spiro atoms. The van der Waals surface area contributed by atoms with Gasteiger partial charge in [0, 0.05) is 35.5 Å². The number of benzene rings is 1. The number of aromatic amines is 1. The predicted molar refractivity (Wildman–Crippen MR) is 80.2 cm³/mol. The van der Waals surface area contributed by atoms with Crippen LogP contribution in [0.2, 0.25) is 5.02 Å².